The molecular weight excluding hydrogens is 300 g/mol. The number of hydrogen-bond acceptors (Lipinski definition) is 3. The van der Waals surface area contributed by atoms with Crippen LogP contribution >= 0.6 is 0 Å². The first kappa shape index (κ1) is 16.8. The number of aliphatic hydroxyl groups is 2. The molecule has 4 aliphatic rings. The normalized spacial score (nSPS) is 54.3. The van der Waals surface area contributed by atoms with E-state index in [1.54, 1.807) is 0 Å². The minimum Gasteiger partial charge on any atom is -0.393 e. The summed E-state index contributed by atoms with van der Waals surface area (Å²) in [6.45, 7) is 8.47. The smallest absolute Gasteiger partial charge is 0.158 e. The van der Waals surface area contributed by atoms with Crippen LogP contribution in [0.25, 0.3) is 0 Å². The zero-order valence-electron chi connectivity index (χ0n) is 15.6. The molecule has 0 heterocycles. The summed E-state index contributed by atoms with van der Waals surface area (Å²) < 4.78 is 0. The molecule has 2 N–H and O–H groups in total. The van der Waals surface area contributed by atoms with Gasteiger partial charge in [0.2, 0.25) is 0 Å². The van der Waals surface area contributed by atoms with Gasteiger partial charge in [0.05, 0.1) is 11.7 Å². The molecule has 0 spiro atoms. The second-order valence-electron chi connectivity index (χ2n) is 9.78. The topological polar surface area (TPSA) is 57.5 Å². The molecule has 4 rings (SSSR count). The van der Waals surface area contributed by atoms with E-state index < -0.39 is 5.60 Å². The van der Waals surface area contributed by atoms with E-state index in [1.807, 2.05) is 13.8 Å². The van der Waals surface area contributed by atoms with Gasteiger partial charge in [-0.15, -0.1) is 0 Å². The maximum Gasteiger partial charge on any atom is 0.158 e. The first-order valence-electron chi connectivity index (χ1n) is 9.76. The Labute approximate surface area is 145 Å². The van der Waals surface area contributed by atoms with Crippen molar-refractivity contribution in [3.05, 3.63) is 11.1 Å². The fourth-order valence-electron chi connectivity index (χ4n) is 7.33. The third kappa shape index (κ3) is 1.89. The third-order valence-electron chi connectivity index (χ3n) is 8.91. The standard InChI is InChI=1S/C21H32O3/c1-12-14-6-5-13-15-7-10-21(4,24)20(15,3)11-17(23)18(13)19(14,2)9-8-16(12)22/h13,15,17-18,23-24H,5-11H2,1-4H3/t13-,15-,17+,18+,19-,20-,21+/m0/s1. The number of ketones is 1. The molecule has 0 aromatic heterocycles. The average Bonchev–Trinajstić information content (AvgIpc) is 2.73. The molecule has 0 aromatic carbocycles. The Morgan fingerprint density at radius 2 is 1.79 bits per heavy atom. The van der Waals surface area contributed by atoms with Crippen molar-refractivity contribution in [2.75, 3.05) is 0 Å². The minimum absolute atomic E-state index is 0.0316. The molecule has 3 fully saturated rings. The fourth-order valence-corrected chi connectivity index (χ4v) is 7.33. The predicted molar refractivity (Wildman–Crippen MR) is 93.3 cm³/mol. The van der Waals surface area contributed by atoms with Crippen LogP contribution in [0.5, 0.6) is 0 Å². The van der Waals surface area contributed by atoms with Crippen molar-refractivity contribution in [1.29, 1.82) is 0 Å². The Hall–Kier alpha value is -0.670. The molecule has 7 atom stereocenters. The van der Waals surface area contributed by atoms with E-state index >= 15 is 0 Å². The summed E-state index contributed by atoms with van der Waals surface area (Å²) in [6, 6.07) is 0. The van der Waals surface area contributed by atoms with E-state index in [0.717, 1.165) is 37.7 Å². The van der Waals surface area contributed by atoms with Gasteiger partial charge in [-0.05, 0) is 81.1 Å². The predicted octanol–water partition coefficient (Wildman–Crippen LogP) is 3.63. The molecule has 0 unspecified atom stereocenters. The van der Waals surface area contributed by atoms with E-state index in [2.05, 4.69) is 13.8 Å². The molecule has 3 nitrogen and oxygen atoms in total. The van der Waals surface area contributed by atoms with Gasteiger partial charge < -0.3 is 10.2 Å². The van der Waals surface area contributed by atoms with Gasteiger partial charge in [-0.2, -0.15) is 0 Å². The Morgan fingerprint density at radius 3 is 2.50 bits per heavy atom. The van der Waals surface area contributed by atoms with Crippen LogP contribution in [0.3, 0.4) is 0 Å². The number of carbonyl (C=O) groups excluding carboxylic acids is 1. The number of hydrogen-bond donors (Lipinski definition) is 2. The highest BCUT2D eigenvalue weighted by Crippen LogP contribution is 2.67. The fraction of sp³-hybridized carbons (Fsp3) is 0.857. The van der Waals surface area contributed by atoms with Crippen molar-refractivity contribution in [3.63, 3.8) is 0 Å². The highest BCUT2D eigenvalue weighted by atomic mass is 16.3. The lowest BCUT2D eigenvalue weighted by atomic mass is 9.45. The van der Waals surface area contributed by atoms with E-state index in [0.29, 0.717) is 30.5 Å². The molecule has 0 aliphatic heterocycles. The van der Waals surface area contributed by atoms with E-state index in [9.17, 15) is 15.0 Å². The number of carbonyl (C=O) groups is 1. The van der Waals surface area contributed by atoms with Crippen LogP contribution in [0.4, 0.5) is 0 Å². The van der Waals surface area contributed by atoms with Crippen LogP contribution in [0.2, 0.25) is 0 Å². The molecule has 3 saturated carbocycles. The zero-order chi connectivity index (χ0) is 17.5. The SMILES string of the molecule is CC1=C2CC[C@@H]3[C@H]([C@H](O)C[C@@]4(C)[C@H]3CC[C@@]4(C)O)[C@@]2(C)CCC1=O. The van der Waals surface area contributed by atoms with E-state index in [1.165, 1.54) is 5.57 Å². The van der Waals surface area contributed by atoms with Crippen molar-refractivity contribution < 1.29 is 15.0 Å². The highest BCUT2D eigenvalue weighted by molar-refractivity contribution is 5.96. The second-order valence-corrected chi connectivity index (χ2v) is 9.78. The lowest BCUT2D eigenvalue weighted by Gasteiger charge is -2.60. The lowest BCUT2D eigenvalue weighted by Crippen LogP contribution is -2.59. The average molecular weight is 332 g/mol. The molecule has 4 aliphatic carbocycles. The highest BCUT2D eigenvalue weighted by Gasteiger charge is 2.65. The van der Waals surface area contributed by atoms with Crippen LogP contribution in [-0.2, 0) is 4.79 Å². The number of rotatable bonds is 0. The van der Waals surface area contributed by atoms with Crippen LogP contribution in [0, 0.1) is 28.6 Å². The first-order chi connectivity index (χ1) is 11.1. The summed E-state index contributed by atoms with van der Waals surface area (Å²) in [7, 11) is 0. The van der Waals surface area contributed by atoms with Gasteiger partial charge in [-0.1, -0.05) is 19.4 Å². The Morgan fingerprint density at radius 1 is 1.08 bits per heavy atom. The van der Waals surface area contributed by atoms with Gasteiger partial charge in [0.15, 0.2) is 5.78 Å². The third-order valence-corrected chi connectivity index (χ3v) is 8.91. The summed E-state index contributed by atoms with van der Waals surface area (Å²) in [6.07, 6.45) is 5.82. The molecule has 24 heavy (non-hydrogen) atoms. The quantitative estimate of drug-likeness (QED) is 0.712. The van der Waals surface area contributed by atoms with Crippen molar-refractivity contribution in [1.82, 2.24) is 0 Å². The minimum atomic E-state index is -0.668. The molecule has 0 bridgehead atoms. The number of Topliss-reactive ketones (excluding diaryl/α,β-unsaturated/α-hetero) is 1. The van der Waals surface area contributed by atoms with Gasteiger partial charge in [0, 0.05) is 11.8 Å². The molecule has 0 radical (unpaired) electrons. The number of fused-ring (bicyclic) bond motifs is 5. The van der Waals surface area contributed by atoms with Crippen molar-refractivity contribution >= 4 is 5.78 Å². The maximum atomic E-state index is 12.2. The van der Waals surface area contributed by atoms with Crippen molar-refractivity contribution in [3.8, 4) is 0 Å². The number of allylic oxidation sites excluding steroid dienone is 1. The van der Waals surface area contributed by atoms with Gasteiger partial charge in [-0.25, -0.2) is 0 Å². The van der Waals surface area contributed by atoms with Gasteiger partial charge >= 0.3 is 0 Å². The number of aliphatic hydroxyl groups excluding tert-OH is 1. The molecule has 134 valence electrons. The maximum absolute atomic E-state index is 12.2. The summed E-state index contributed by atoms with van der Waals surface area (Å²) in [5.41, 5.74) is 1.42. The Bertz CT molecular complexity index is 619. The summed E-state index contributed by atoms with van der Waals surface area (Å²) in [4.78, 5) is 12.2. The van der Waals surface area contributed by atoms with Crippen molar-refractivity contribution in [2.24, 2.45) is 28.6 Å². The monoisotopic (exact) mass is 332 g/mol. The zero-order valence-corrected chi connectivity index (χ0v) is 15.6. The largest absolute Gasteiger partial charge is 0.393 e. The van der Waals surface area contributed by atoms with Crippen LogP contribution in [-0.4, -0.2) is 27.7 Å². The first-order valence-corrected chi connectivity index (χ1v) is 9.76. The Balaban J connectivity index is 1.77. The van der Waals surface area contributed by atoms with Gasteiger partial charge in [-0.3, -0.25) is 4.79 Å². The Kier molecular flexibility index (Phi) is 3.46. The molecule has 0 amide bonds. The molecule has 3 heteroatoms. The van der Waals surface area contributed by atoms with Crippen LogP contribution in [0.1, 0.15) is 72.6 Å². The summed E-state index contributed by atoms with van der Waals surface area (Å²) >= 11 is 0. The van der Waals surface area contributed by atoms with Gasteiger partial charge in [0.25, 0.3) is 0 Å². The molecule has 0 aromatic rings. The molecule has 0 saturated heterocycles. The lowest BCUT2D eigenvalue weighted by molar-refractivity contribution is -0.166. The second kappa shape index (κ2) is 4.94. The van der Waals surface area contributed by atoms with E-state index in [4.69, 9.17) is 0 Å². The van der Waals surface area contributed by atoms with Crippen molar-refractivity contribution in [2.45, 2.75) is 84.3 Å². The summed E-state index contributed by atoms with van der Waals surface area (Å²) in [5.74, 6) is 1.52. The van der Waals surface area contributed by atoms with Gasteiger partial charge in [0.1, 0.15) is 0 Å². The molecular formula is C21H32O3. The van der Waals surface area contributed by atoms with Crippen LogP contribution < -0.4 is 0 Å². The summed E-state index contributed by atoms with van der Waals surface area (Å²) in [5, 5.41) is 22.2. The van der Waals surface area contributed by atoms with Crippen LogP contribution in [0.15, 0.2) is 11.1 Å². The van der Waals surface area contributed by atoms with E-state index in [-0.39, 0.29) is 22.9 Å².